The van der Waals surface area contributed by atoms with Crippen molar-refractivity contribution in [3.05, 3.63) is 155 Å². The summed E-state index contributed by atoms with van der Waals surface area (Å²) < 4.78 is 0. The minimum absolute atomic E-state index is 0.749. The Balaban J connectivity index is 0.00000226. The van der Waals surface area contributed by atoms with E-state index in [0.717, 1.165) is 57.0 Å². The molecule has 4 aromatic carbocycles. The molecule has 204 valence electrons. The van der Waals surface area contributed by atoms with Crippen molar-refractivity contribution >= 4 is 23.3 Å². The van der Waals surface area contributed by atoms with E-state index in [1.807, 2.05) is 73.8 Å². The molecule has 0 unspecified atom stereocenters. The first-order valence-electron chi connectivity index (χ1n) is 13.3. The first kappa shape index (κ1) is 30.1. The third-order valence-corrected chi connectivity index (χ3v) is 6.34. The van der Waals surface area contributed by atoms with Gasteiger partial charge in [0.05, 0.1) is 11.4 Å². The van der Waals surface area contributed by atoms with Crippen LogP contribution in [0.1, 0.15) is 29.2 Å². The molecule has 0 heterocycles. The highest BCUT2D eigenvalue weighted by Gasteiger charge is 2.06. The van der Waals surface area contributed by atoms with Gasteiger partial charge in [-0.3, -0.25) is 9.98 Å². The fourth-order valence-corrected chi connectivity index (χ4v) is 4.12. The lowest BCUT2D eigenvalue weighted by Crippen LogP contribution is -1.98. The zero-order valence-corrected chi connectivity index (χ0v) is 23.6. The van der Waals surface area contributed by atoms with E-state index in [1.165, 1.54) is 5.56 Å². The first-order valence-corrected chi connectivity index (χ1v) is 13.3. The molecule has 0 spiro atoms. The molecule has 0 aliphatic carbocycles. The fraction of sp³-hybridized carbons (Fsp3) is 0.0811. The van der Waals surface area contributed by atoms with Crippen LogP contribution in [-0.2, 0) is 6.42 Å². The smallest absolute Gasteiger partial charge is 0.0723 e. The quantitative estimate of drug-likeness (QED) is 0.0994. The van der Waals surface area contributed by atoms with Gasteiger partial charge in [0, 0.05) is 35.8 Å². The topological polar surface area (TPSA) is 76.8 Å². The summed E-state index contributed by atoms with van der Waals surface area (Å²) >= 11 is 0. The van der Waals surface area contributed by atoms with Gasteiger partial charge in [-0.25, -0.2) is 0 Å². The van der Waals surface area contributed by atoms with Gasteiger partial charge >= 0.3 is 0 Å². The number of nitrogen functional groups attached to an aromatic ring is 1. The van der Waals surface area contributed by atoms with Crippen molar-refractivity contribution in [1.29, 1.82) is 0 Å². The Kier molecular flexibility index (Phi) is 11.7. The van der Waals surface area contributed by atoms with Gasteiger partial charge < -0.3 is 11.5 Å². The van der Waals surface area contributed by atoms with Gasteiger partial charge in [0.2, 0.25) is 0 Å². The van der Waals surface area contributed by atoms with Gasteiger partial charge in [0.1, 0.15) is 0 Å². The van der Waals surface area contributed by atoms with Crippen LogP contribution in [0.4, 0.5) is 5.69 Å². The molecule has 0 fully saturated rings. The molecular formula is C37H36N4. The molecule has 4 aromatic rings. The van der Waals surface area contributed by atoms with E-state index < -0.39 is 0 Å². The van der Waals surface area contributed by atoms with Crippen LogP contribution < -0.4 is 11.5 Å². The summed E-state index contributed by atoms with van der Waals surface area (Å²) in [5, 5.41) is 0. The number of hydrogen-bond acceptors (Lipinski definition) is 4. The average molecular weight is 537 g/mol. The molecule has 0 saturated carbocycles. The van der Waals surface area contributed by atoms with Crippen molar-refractivity contribution in [3.8, 4) is 24.0 Å². The standard InChI is InChI=1S/C35H34N4.C2H2/c1-3-31(36)16-10-11-26-19-22-33(37)32(23-26)28-20-17-27(18-21-28)25-39-35(30-14-8-5-9-15-30)24-34(38-2)29-12-6-4-7-13-29;1-2/h3-10,12-25H,11,36-37H2,1-2H3;1-2H/b16-10-,31-3+,35-24-,38-34?,39-25?;. The second kappa shape index (κ2) is 15.9. The van der Waals surface area contributed by atoms with Gasteiger partial charge in [0.25, 0.3) is 0 Å². The van der Waals surface area contributed by atoms with Gasteiger partial charge in [0.15, 0.2) is 0 Å². The maximum absolute atomic E-state index is 6.34. The highest BCUT2D eigenvalue weighted by molar-refractivity contribution is 6.12. The molecule has 41 heavy (non-hydrogen) atoms. The number of benzene rings is 4. The number of rotatable bonds is 9. The summed E-state index contributed by atoms with van der Waals surface area (Å²) in [4.78, 5) is 9.39. The molecule has 0 atom stereocenters. The molecule has 4 nitrogen and oxygen atoms in total. The van der Waals surface area contributed by atoms with Crippen LogP contribution in [0.2, 0.25) is 0 Å². The zero-order valence-electron chi connectivity index (χ0n) is 23.6. The molecule has 0 aliphatic rings. The van der Waals surface area contributed by atoms with Crippen molar-refractivity contribution in [2.75, 3.05) is 12.8 Å². The van der Waals surface area contributed by atoms with Crippen LogP contribution in [0.5, 0.6) is 0 Å². The average Bonchev–Trinajstić information content (AvgIpc) is 3.04. The van der Waals surface area contributed by atoms with Crippen molar-refractivity contribution in [1.82, 2.24) is 0 Å². The monoisotopic (exact) mass is 536 g/mol. The van der Waals surface area contributed by atoms with E-state index in [1.54, 1.807) is 7.05 Å². The van der Waals surface area contributed by atoms with Gasteiger partial charge in [-0.2, -0.15) is 0 Å². The SMILES string of the molecule is C#C.C/C=C(N)\C=C/Cc1ccc(N)c(-c2ccc(C=N/C(=C\C(=NC)c3ccccc3)c3ccccc3)cc2)c1. The Labute approximate surface area is 244 Å². The van der Waals surface area contributed by atoms with Crippen LogP contribution in [0, 0.1) is 12.8 Å². The molecule has 0 radical (unpaired) electrons. The highest BCUT2D eigenvalue weighted by Crippen LogP contribution is 2.28. The van der Waals surface area contributed by atoms with Crippen molar-refractivity contribution in [3.63, 3.8) is 0 Å². The number of nitrogens with zero attached hydrogens (tertiary/aromatic N) is 2. The Hall–Kier alpha value is -5.40. The predicted molar refractivity (Wildman–Crippen MR) is 178 cm³/mol. The number of terminal acetylenes is 1. The third kappa shape index (κ3) is 8.81. The largest absolute Gasteiger partial charge is 0.399 e. The lowest BCUT2D eigenvalue weighted by molar-refractivity contribution is 1.25. The van der Waals surface area contributed by atoms with Crippen LogP contribution in [0.25, 0.3) is 16.8 Å². The minimum Gasteiger partial charge on any atom is -0.399 e. The van der Waals surface area contributed by atoms with E-state index in [-0.39, 0.29) is 0 Å². The summed E-state index contributed by atoms with van der Waals surface area (Å²) in [6, 6.07) is 34.7. The lowest BCUT2D eigenvalue weighted by Gasteiger charge is -2.09. The molecule has 0 amide bonds. The number of aliphatic imine (C=N–C) groups is 2. The summed E-state index contributed by atoms with van der Waals surface area (Å²) in [7, 11) is 1.80. The molecule has 4 heteroatoms. The first-order chi connectivity index (χ1) is 20.1. The van der Waals surface area contributed by atoms with E-state index in [9.17, 15) is 0 Å². The van der Waals surface area contributed by atoms with Crippen molar-refractivity contribution in [2.45, 2.75) is 13.3 Å². The van der Waals surface area contributed by atoms with Crippen molar-refractivity contribution < 1.29 is 0 Å². The summed E-state index contributed by atoms with van der Waals surface area (Å²) in [5.74, 6) is 0. The molecule has 4 N–H and O–H groups in total. The number of allylic oxidation sites excluding steroid dienone is 4. The summed E-state index contributed by atoms with van der Waals surface area (Å²) in [6.45, 7) is 1.93. The van der Waals surface area contributed by atoms with Crippen LogP contribution >= 0.6 is 0 Å². The second-order valence-corrected chi connectivity index (χ2v) is 9.07. The molecule has 0 aromatic heterocycles. The van der Waals surface area contributed by atoms with Crippen LogP contribution in [-0.4, -0.2) is 19.0 Å². The van der Waals surface area contributed by atoms with E-state index in [0.29, 0.717) is 0 Å². The number of hydrogen-bond donors (Lipinski definition) is 2. The zero-order chi connectivity index (χ0) is 29.5. The maximum atomic E-state index is 6.34. The van der Waals surface area contributed by atoms with Gasteiger partial charge in [-0.05, 0) is 59.9 Å². The molecule has 4 rings (SSSR count). The summed E-state index contributed by atoms with van der Waals surface area (Å²) in [6.07, 6.45) is 18.6. The van der Waals surface area contributed by atoms with Gasteiger partial charge in [-0.1, -0.05) is 103 Å². The Morgan fingerprint density at radius 2 is 1.46 bits per heavy atom. The van der Waals surface area contributed by atoms with E-state index in [4.69, 9.17) is 16.5 Å². The van der Waals surface area contributed by atoms with Crippen molar-refractivity contribution in [2.24, 2.45) is 15.7 Å². The van der Waals surface area contributed by atoms with Gasteiger partial charge in [-0.15, -0.1) is 12.8 Å². The van der Waals surface area contributed by atoms with E-state index in [2.05, 4.69) is 84.6 Å². The lowest BCUT2D eigenvalue weighted by atomic mass is 9.99. The minimum atomic E-state index is 0.749. The molecular weight excluding hydrogens is 500 g/mol. The summed E-state index contributed by atoms with van der Waals surface area (Å²) in [5.41, 5.74) is 21.7. The predicted octanol–water partition coefficient (Wildman–Crippen LogP) is 7.73. The molecule has 0 aliphatic heterocycles. The van der Waals surface area contributed by atoms with Crippen LogP contribution in [0.3, 0.4) is 0 Å². The normalized spacial score (nSPS) is 12.3. The van der Waals surface area contributed by atoms with Crippen LogP contribution in [0.15, 0.2) is 143 Å². The highest BCUT2D eigenvalue weighted by atomic mass is 14.7. The Morgan fingerprint density at radius 1 is 0.829 bits per heavy atom. The number of nitrogens with two attached hydrogens (primary N) is 2. The maximum Gasteiger partial charge on any atom is 0.0723 e. The molecule has 0 saturated heterocycles. The fourth-order valence-electron chi connectivity index (χ4n) is 4.12. The third-order valence-electron chi connectivity index (χ3n) is 6.34. The van der Waals surface area contributed by atoms with E-state index >= 15 is 0 Å². The number of anilines is 1. The second-order valence-electron chi connectivity index (χ2n) is 9.07. The Bertz CT molecular complexity index is 1570. The molecule has 0 bridgehead atoms. The Morgan fingerprint density at radius 3 is 2.07 bits per heavy atom.